The fraction of sp³-hybridized carbons (Fsp3) is 0.294. The third kappa shape index (κ3) is 7.59. The molecule has 0 saturated carbocycles. The van der Waals surface area contributed by atoms with E-state index in [2.05, 4.69) is 80.9 Å². The van der Waals surface area contributed by atoms with E-state index in [-0.39, 0.29) is 11.6 Å². The summed E-state index contributed by atoms with van der Waals surface area (Å²) in [6.45, 7) is 11.6. The number of nitrogens with zero attached hydrogens (tertiary/aromatic N) is 6. The summed E-state index contributed by atoms with van der Waals surface area (Å²) in [5.41, 5.74) is 3.34. The highest BCUT2D eigenvalue weighted by Crippen LogP contribution is 2.37. The van der Waals surface area contributed by atoms with Gasteiger partial charge < -0.3 is 19.0 Å². The summed E-state index contributed by atoms with van der Waals surface area (Å²) in [7, 11) is 1.47. The summed E-state index contributed by atoms with van der Waals surface area (Å²) in [6.07, 6.45) is 3.55. The molecule has 0 bridgehead atoms. The molecule has 10 nitrogen and oxygen atoms in total. The molecule has 0 aliphatic heterocycles. The van der Waals surface area contributed by atoms with Crippen molar-refractivity contribution in [2.75, 3.05) is 14.2 Å². The third-order valence-corrected chi connectivity index (χ3v) is 13.6. The van der Waals surface area contributed by atoms with Crippen molar-refractivity contribution in [1.82, 2.24) is 29.5 Å². The van der Waals surface area contributed by atoms with Crippen LogP contribution in [-0.2, 0) is 17.6 Å². The molecule has 0 unspecified atom stereocenters. The zero-order chi connectivity index (χ0) is 33.9. The van der Waals surface area contributed by atoms with Crippen molar-refractivity contribution in [3.8, 4) is 23.1 Å². The number of ether oxygens (including phenoxy) is 2. The molecule has 6 rings (SSSR count). The van der Waals surface area contributed by atoms with E-state index in [1.54, 1.807) is 37.4 Å². The van der Waals surface area contributed by atoms with Crippen molar-refractivity contribution in [2.24, 2.45) is 0 Å². The van der Waals surface area contributed by atoms with E-state index in [0.29, 0.717) is 18.1 Å². The molecule has 0 saturated heterocycles. The van der Waals surface area contributed by atoms with E-state index in [1.165, 1.54) is 0 Å². The van der Waals surface area contributed by atoms with Crippen LogP contribution in [0.1, 0.15) is 32.2 Å². The Kier molecular flexibility index (Phi) is 10.5. The fourth-order valence-electron chi connectivity index (χ4n) is 4.64. The van der Waals surface area contributed by atoms with Crippen LogP contribution < -0.4 is 9.47 Å². The van der Waals surface area contributed by atoms with E-state index < -0.39 is 8.32 Å². The molecule has 246 valence electrons. The molecule has 0 atom stereocenters. The second-order valence-corrected chi connectivity index (χ2v) is 19.0. The van der Waals surface area contributed by atoms with Crippen LogP contribution in [0.25, 0.3) is 33.4 Å². The Morgan fingerprint density at radius 2 is 1.21 bits per heavy atom. The first-order valence-corrected chi connectivity index (χ1v) is 19.4. The molecular weight excluding hydrogens is 744 g/mol. The number of rotatable bonds is 8. The first kappa shape index (κ1) is 34.7. The maximum atomic E-state index is 9.18. The number of aliphatic hydroxyl groups is 1. The summed E-state index contributed by atoms with van der Waals surface area (Å²) in [5, 5.41) is 20.1. The number of aromatic nitrogens is 6. The maximum absolute atomic E-state index is 9.18. The Labute approximate surface area is 292 Å². The summed E-state index contributed by atoms with van der Waals surface area (Å²) < 4.78 is 22.5. The van der Waals surface area contributed by atoms with Gasteiger partial charge >= 0.3 is 0 Å². The van der Waals surface area contributed by atoms with Gasteiger partial charge in [0.25, 0.3) is 0 Å². The molecule has 0 fully saturated rings. The number of pyridine rings is 2. The number of aliphatic hydroxyl groups excluding tert-OH is 1. The lowest BCUT2D eigenvalue weighted by Gasteiger charge is -2.36. The molecule has 0 spiro atoms. The summed E-state index contributed by atoms with van der Waals surface area (Å²) in [4.78, 5) is 9.14. The Morgan fingerprint density at radius 3 is 1.66 bits per heavy atom. The highest BCUT2D eigenvalue weighted by Gasteiger charge is 2.37. The average Bonchev–Trinajstić information content (AvgIpc) is 3.67. The van der Waals surface area contributed by atoms with E-state index in [0.717, 1.165) is 53.8 Å². The molecule has 2 aromatic carbocycles. The quantitative estimate of drug-likeness (QED) is 0.154. The van der Waals surface area contributed by atoms with Crippen LogP contribution in [0.2, 0.25) is 18.1 Å². The molecule has 0 aliphatic carbocycles. The monoisotopic (exact) mass is 780 g/mol. The molecule has 6 aromatic rings. The minimum atomic E-state index is -1.82. The Balaban J connectivity index is 0.000000193. The molecule has 1 N–H and O–H groups in total. The second-order valence-electron chi connectivity index (χ2n) is 12.4. The van der Waals surface area contributed by atoms with E-state index in [9.17, 15) is 5.11 Å². The highest BCUT2D eigenvalue weighted by atomic mass is 79.9. The van der Waals surface area contributed by atoms with Gasteiger partial charge in [-0.15, -0.1) is 0 Å². The summed E-state index contributed by atoms with van der Waals surface area (Å²) in [5.74, 6) is 2.95. The lowest BCUT2D eigenvalue weighted by molar-refractivity contribution is 0.272. The van der Waals surface area contributed by atoms with Gasteiger partial charge in [-0.2, -0.15) is 10.2 Å². The van der Waals surface area contributed by atoms with Crippen molar-refractivity contribution >= 4 is 62.0 Å². The molecule has 0 radical (unpaired) electrons. The van der Waals surface area contributed by atoms with Crippen molar-refractivity contribution in [3.05, 3.63) is 93.4 Å². The van der Waals surface area contributed by atoms with Gasteiger partial charge in [-0.1, -0.05) is 64.8 Å². The predicted molar refractivity (Wildman–Crippen MR) is 194 cm³/mol. The van der Waals surface area contributed by atoms with Gasteiger partial charge in [0.05, 0.1) is 73.0 Å². The molecule has 4 aromatic heterocycles. The minimum absolute atomic E-state index is 0.0972. The molecule has 0 aliphatic rings. The number of methoxy groups -OCH3 is 2. The average molecular weight is 783 g/mol. The summed E-state index contributed by atoms with van der Waals surface area (Å²) in [6, 6.07) is 19.2. The normalized spacial score (nSPS) is 11.9. The fourth-order valence-corrected chi connectivity index (χ4v) is 6.43. The van der Waals surface area contributed by atoms with Crippen LogP contribution >= 0.6 is 31.9 Å². The first-order chi connectivity index (χ1) is 22.3. The first-order valence-electron chi connectivity index (χ1n) is 14.9. The zero-order valence-corrected chi connectivity index (χ0v) is 31.6. The number of hydrogen-bond acceptors (Lipinski definition) is 8. The minimum Gasteiger partial charge on any atom is -0.496 e. The lowest BCUT2D eigenvalue weighted by atomic mass is 10.2. The van der Waals surface area contributed by atoms with Crippen LogP contribution in [0.15, 0.2) is 82.0 Å². The SMILES string of the molecule is COc1cc(Br)cc2c1cnn2-c1cccc(CO)n1.COc1cc(Br)cc2c1cnn2-c1cccc(CO[Si](C)(C)C(C)(C)C)n1. The topological polar surface area (TPSA) is 109 Å². The number of fused-ring (bicyclic) bond motifs is 2. The van der Waals surface area contributed by atoms with Crippen LogP contribution in [0.3, 0.4) is 0 Å². The van der Waals surface area contributed by atoms with Crippen molar-refractivity contribution in [1.29, 1.82) is 0 Å². The van der Waals surface area contributed by atoms with Crippen LogP contribution in [-0.4, -0.2) is 57.2 Å². The van der Waals surface area contributed by atoms with Crippen LogP contribution in [0.5, 0.6) is 11.5 Å². The van der Waals surface area contributed by atoms with Gasteiger partial charge in [0.2, 0.25) is 0 Å². The van der Waals surface area contributed by atoms with Crippen LogP contribution in [0, 0.1) is 0 Å². The lowest BCUT2D eigenvalue weighted by Crippen LogP contribution is -2.40. The molecule has 47 heavy (non-hydrogen) atoms. The van der Waals surface area contributed by atoms with Crippen molar-refractivity contribution in [2.45, 2.75) is 52.1 Å². The number of hydrogen-bond donors (Lipinski definition) is 1. The molecule has 4 heterocycles. The number of benzene rings is 2. The van der Waals surface area contributed by atoms with Crippen molar-refractivity contribution in [3.63, 3.8) is 0 Å². The molecule has 13 heteroatoms. The van der Waals surface area contributed by atoms with Gasteiger partial charge in [-0.25, -0.2) is 19.3 Å². The van der Waals surface area contributed by atoms with E-state index in [1.807, 2.05) is 59.3 Å². The van der Waals surface area contributed by atoms with E-state index >= 15 is 0 Å². The third-order valence-electron chi connectivity index (χ3n) is 8.24. The van der Waals surface area contributed by atoms with E-state index in [4.69, 9.17) is 18.9 Å². The van der Waals surface area contributed by atoms with Gasteiger partial charge in [-0.05, 0) is 66.7 Å². The Bertz CT molecular complexity index is 2020. The van der Waals surface area contributed by atoms with Gasteiger partial charge in [-0.3, -0.25) is 0 Å². The number of halogens is 2. The van der Waals surface area contributed by atoms with Crippen LogP contribution in [0.4, 0.5) is 0 Å². The van der Waals surface area contributed by atoms with Gasteiger partial charge in [0.15, 0.2) is 20.0 Å². The second kappa shape index (κ2) is 14.2. The predicted octanol–water partition coefficient (Wildman–Crippen LogP) is 8.40. The largest absolute Gasteiger partial charge is 0.496 e. The Hall–Kier alpha value is -3.62. The standard InChI is InChI=1S/C20H26BrN3O2Si.C14H12BrN3O2/c1-20(2,3)27(5,6)26-13-15-8-7-9-19(23-15)24-17-10-14(21)11-18(25-4)16(17)12-22-24;1-20-13-6-9(15)5-12-11(13)7-16-18(12)14-4-2-3-10(8-19)17-14/h7-12H,13H2,1-6H3;2-7,19H,8H2,1H3. The van der Waals surface area contributed by atoms with Crippen molar-refractivity contribution < 1.29 is 19.0 Å². The zero-order valence-electron chi connectivity index (χ0n) is 27.5. The maximum Gasteiger partial charge on any atom is 0.192 e. The molecule has 0 amide bonds. The van der Waals surface area contributed by atoms with Gasteiger partial charge in [0, 0.05) is 8.95 Å². The smallest absolute Gasteiger partial charge is 0.192 e. The Morgan fingerprint density at radius 1 is 0.745 bits per heavy atom. The molecular formula is C34H38Br2N6O4Si. The highest BCUT2D eigenvalue weighted by molar-refractivity contribution is 9.10. The van der Waals surface area contributed by atoms with Gasteiger partial charge in [0.1, 0.15) is 11.5 Å². The summed E-state index contributed by atoms with van der Waals surface area (Å²) >= 11 is 7.00.